The van der Waals surface area contributed by atoms with Crippen molar-refractivity contribution in [2.45, 2.75) is 6.04 Å². The summed E-state index contributed by atoms with van der Waals surface area (Å²) in [6.07, 6.45) is 0. The molecule has 0 aliphatic heterocycles. The minimum Gasteiger partial charge on any atom is -0.497 e. The lowest BCUT2D eigenvalue weighted by Gasteiger charge is -2.19. The van der Waals surface area contributed by atoms with Crippen molar-refractivity contribution in [3.05, 3.63) is 63.4 Å². The number of hydrogen-bond acceptors (Lipinski definition) is 2. The second-order valence-corrected chi connectivity index (χ2v) is 5.10. The van der Waals surface area contributed by atoms with E-state index in [1.807, 2.05) is 12.1 Å². The lowest BCUT2D eigenvalue weighted by atomic mass is 9.98. The molecule has 2 aromatic carbocycles. The van der Waals surface area contributed by atoms with E-state index in [2.05, 4.69) is 5.32 Å². The van der Waals surface area contributed by atoms with Crippen LogP contribution in [0.15, 0.2) is 36.4 Å². The zero-order valence-electron chi connectivity index (χ0n) is 11.1. The van der Waals surface area contributed by atoms with Crippen LogP contribution in [-0.2, 0) is 0 Å². The van der Waals surface area contributed by atoms with Crippen LogP contribution in [0.5, 0.6) is 5.75 Å². The smallest absolute Gasteiger partial charge is 0.142 e. The summed E-state index contributed by atoms with van der Waals surface area (Å²) in [5.74, 6) is 0.227. The van der Waals surface area contributed by atoms with Gasteiger partial charge in [-0.2, -0.15) is 0 Å². The molecule has 0 radical (unpaired) electrons. The molecular formula is C15H14Cl2FNO. The van der Waals surface area contributed by atoms with E-state index in [9.17, 15) is 4.39 Å². The van der Waals surface area contributed by atoms with E-state index in [0.29, 0.717) is 10.8 Å². The van der Waals surface area contributed by atoms with Gasteiger partial charge in [-0.3, -0.25) is 0 Å². The average Bonchev–Trinajstić information content (AvgIpc) is 2.45. The predicted octanol–water partition coefficient (Wildman–Crippen LogP) is 4.45. The highest BCUT2D eigenvalue weighted by molar-refractivity contribution is 6.31. The first-order chi connectivity index (χ1) is 9.56. The van der Waals surface area contributed by atoms with Crippen LogP contribution in [0.2, 0.25) is 10.0 Å². The van der Waals surface area contributed by atoms with Gasteiger partial charge in [-0.05, 0) is 42.4 Å². The maximum Gasteiger partial charge on any atom is 0.142 e. The fraction of sp³-hybridized carbons (Fsp3) is 0.200. The minimum absolute atomic E-state index is 0.101. The number of ether oxygens (including phenoxy) is 1. The van der Waals surface area contributed by atoms with Crippen molar-refractivity contribution in [1.82, 2.24) is 5.32 Å². The summed E-state index contributed by atoms with van der Waals surface area (Å²) in [6.45, 7) is 0. The predicted molar refractivity (Wildman–Crippen MR) is 80.3 cm³/mol. The molecule has 1 N–H and O–H groups in total. The molecule has 1 atom stereocenters. The number of rotatable bonds is 4. The Bertz CT molecular complexity index is 619. The normalized spacial score (nSPS) is 12.2. The third-order valence-corrected chi connectivity index (χ3v) is 3.72. The zero-order valence-corrected chi connectivity index (χ0v) is 12.6. The molecule has 0 spiro atoms. The van der Waals surface area contributed by atoms with Crippen LogP contribution in [0.4, 0.5) is 4.39 Å². The van der Waals surface area contributed by atoms with E-state index in [1.165, 1.54) is 12.1 Å². The van der Waals surface area contributed by atoms with Crippen molar-refractivity contribution in [2.24, 2.45) is 0 Å². The second kappa shape index (κ2) is 6.44. The monoisotopic (exact) mass is 313 g/mol. The topological polar surface area (TPSA) is 21.3 Å². The third kappa shape index (κ3) is 3.06. The number of benzene rings is 2. The summed E-state index contributed by atoms with van der Waals surface area (Å²) in [5, 5.41) is 3.78. The van der Waals surface area contributed by atoms with Gasteiger partial charge in [0.25, 0.3) is 0 Å². The maximum absolute atomic E-state index is 13.6. The Kier molecular flexibility index (Phi) is 4.86. The van der Waals surface area contributed by atoms with E-state index in [0.717, 1.165) is 11.1 Å². The van der Waals surface area contributed by atoms with Crippen LogP contribution in [0, 0.1) is 5.82 Å². The summed E-state index contributed by atoms with van der Waals surface area (Å²) in [7, 11) is 3.37. The van der Waals surface area contributed by atoms with Crippen LogP contribution in [0.3, 0.4) is 0 Å². The van der Waals surface area contributed by atoms with E-state index < -0.39 is 5.82 Å². The van der Waals surface area contributed by atoms with E-state index in [-0.39, 0.29) is 11.1 Å². The highest BCUT2D eigenvalue weighted by Gasteiger charge is 2.17. The Hall–Kier alpha value is -1.29. The van der Waals surface area contributed by atoms with Gasteiger partial charge in [0, 0.05) is 5.02 Å². The molecule has 2 rings (SSSR count). The first kappa shape index (κ1) is 15.1. The van der Waals surface area contributed by atoms with Gasteiger partial charge in [0.1, 0.15) is 11.6 Å². The summed E-state index contributed by atoms with van der Waals surface area (Å²) in [4.78, 5) is 0. The number of halogens is 3. The van der Waals surface area contributed by atoms with Gasteiger partial charge < -0.3 is 10.1 Å². The molecule has 0 aliphatic carbocycles. The lowest BCUT2D eigenvalue weighted by Crippen LogP contribution is -2.18. The Morgan fingerprint density at radius 3 is 2.40 bits per heavy atom. The Balaban J connectivity index is 2.43. The lowest BCUT2D eigenvalue weighted by molar-refractivity contribution is 0.414. The molecule has 20 heavy (non-hydrogen) atoms. The summed E-state index contributed by atoms with van der Waals surface area (Å²) in [5.41, 5.74) is 1.60. The molecule has 2 nitrogen and oxygen atoms in total. The van der Waals surface area contributed by atoms with Crippen molar-refractivity contribution >= 4 is 23.2 Å². The Morgan fingerprint density at radius 1 is 1.10 bits per heavy atom. The maximum atomic E-state index is 13.6. The summed E-state index contributed by atoms with van der Waals surface area (Å²) < 4.78 is 18.7. The van der Waals surface area contributed by atoms with Crippen LogP contribution in [0.25, 0.3) is 0 Å². The molecule has 5 heteroatoms. The number of methoxy groups -OCH3 is 1. The third-order valence-electron chi connectivity index (χ3n) is 3.08. The molecule has 0 amide bonds. The van der Waals surface area contributed by atoms with Gasteiger partial charge in [0.15, 0.2) is 0 Å². The summed E-state index contributed by atoms with van der Waals surface area (Å²) in [6, 6.07) is 9.89. The van der Waals surface area contributed by atoms with Crippen LogP contribution >= 0.6 is 23.2 Å². The Morgan fingerprint density at radius 2 is 1.85 bits per heavy atom. The van der Waals surface area contributed by atoms with Gasteiger partial charge in [-0.25, -0.2) is 4.39 Å². The van der Waals surface area contributed by atoms with E-state index in [4.69, 9.17) is 27.9 Å². The van der Waals surface area contributed by atoms with Crippen LogP contribution in [0.1, 0.15) is 17.2 Å². The molecule has 2 aromatic rings. The largest absolute Gasteiger partial charge is 0.497 e. The van der Waals surface area contributed by atoms with Gasteiger partial charge in [-0.15, -0.1) is 0 Å². The molecule has 0 saturated heterocycles. The highest BCUT2D eigenvalue weighted by Crippen LogP contribution is 2.32. The molecule has 0 aromatic heterocycles. The quantitative estimate of drug-likeness (QED) is 0.900. The molecular weight excluding hydrogens is 300 g/mol. The second-order valence-electron chi connectivity index (χ2n) is 4.28. The van der Waals surface area contributed by atoms with Gasteiger partial charge in [0.2, 0.25) is 0 Å². The number of nitrogens with one attached hydrogen (secondary N) is 1. The van der Waals surface area contributed by atoms with E-state index in [1.54, 1.807) is 26.3 Å². The van der Waals surface area contributed by atoms with Gasteiger partial charge >= 0.3 is 0 Å². The molecule has 1 unspecified atom stereocenters. The highest BCUT2D eigenvalue weighted by atomic mass is 35.5. The Labute approximate surface area is 127 Å². The molecule has 0 bridgehead atoms. The SMILES string of the molecule is CNC(c1ccc(Cl)c(F)c1)c1ccc(OC)cc1Cl. The van der Waals surface area contributed by atoms with Crippen molar-refractivity contribution in [3.63, 3.8) is 0 Å². The van der Waals surface area contributed by atoms with Crippen LogP contribution in [-0.4, -0.2) is 14.2 Å². The molecule has 0 aliphatic rings. The van der Waals surface area contributed by atoms with Gasteiger partial charge in [0.05, 0.1) is 18.2 Å². The van der Waals surface area contributed by atoms with Crippen molar-refractivity contribution in [3.8, 4) is 5.75 Å². The first-order valence-corrected chi connectivity index (χ1v) is 6.78. The van der Waals surface area contributed by atoms with Gasteiger partial charge in [-0.1, -0.05) is 35.3 Å². The van der Waals surface area contributed by atoms with Crippen molar-refractivity contribution in [1.29, 1.82) is 0 Å². The zero-order chi connectivity index (χ0) is 14.7. The standard InChI is InChI=1S/C15H14Cl2FNO/c1-19-15(9-3-6-12(16)14(18)7-9)11-5-4-10(20-2)8-13(11)17/h3-8,15,19H,1-2H3. The fourth-order valence-corrected chi connectivity index (χ4v) is 2.46. The van der Waals surface area contributed by atoms with Crippen molar-refractivity contribution in [2.75, 3.05) is 14.2 Å². The molecule has 0 heterocycles. The van der Waals surface area contributed by atoms with Crippen molar-refractivity contribution < 1.29 is 9.13 Å². The fourth-order valence-electron chi connectivity index (χ4n) is 2.06. The molecule has 0 fully saturated rings. The molecule has 0 saturated carbocycles. The summed E-state index contributed by atoms with van der Waals surface area (Å²) >= 11 is 12.0. The first-order valence-electron chi connectivity index (χ1n) is 6.02. The van der Waals surface area contributed by atoms with E-state index >= 15 is 0 Å². The minimum atomic E-state index is -0.450. The average molecular weight is 314 g/mol. The molecule has 106 valence electrons. The number of hydrogen-bond donors (Lipinski definition) is 1. The van der Waals surface area contributed by atoms with Crippen LogP contribution < -0.4 is 10.1 Å².